The van der Waals surface area contributed by atoms with Gasteiger partial charge in [-0.3, -0.25) is 4.79 Å². The van der Waals surface area contributed by atoms with Crippen LogP contribution in [0.5, 0.6) is 0 Å². The van der Waals surface area contributed by atoms with Crippen LogP contribution in [0.1, 0.15) is 57.8 Å². The quantitative estimate of drug-likeness (QED) is 0.867. The van der Waals surface area contributed by atoms with Gasteiger partial charge in [-0.1, -0.05) is 6.42 Å². The summed E-state index contributed by atoms with van der Waals surface area (Å²) >= 11 is 0. The summed E-state index contributed by atoms with van der Waals surface area (Å²) < 4.78 is 0. The Balaban J connectivity index is 1.37. The van der Waals surface area contributed by atoms with Gasteiger partial charge in [0.2, 0.25) is 5.91 Å². The number of nitrogens with zero attached hydrogens (tertiary/aromatic N) is 1. The smallest absolute Gasteiger partial charge is 0.227 e. The van der Waals surface area contributed by atoms with Crippen molar-refractivity contribution in [3.8, 4) is 0 Å². The van der Waals surface area contributed by atoms with Crippen LogP contribution in [-0.4, -0.2) is 36.5 Å². The summed E-state index contributed by atoms with van der Waals surface area (Å²) in [6.45, 7) is 3.04. The van der Waals surface area contributed by atoms with Crippen LogP contribution in [-0.2, 0) is 4.79 Å². The average molecular weight is 290 g/mol. The molecule has 21 heavy (non-hydrogen) atoms. The molecule has 0 radical (unpaired) electrons. The first-order valence-electron chi connectivity index (χ1n) is 9.32. The number of hydrogen-bond acceptors (Lipinski definition) is 2. The van der Waals surface area contributed by atoms with Gasteiger partial charge in [-0.25, -0.2) is 0 Å². The first-order chi connectivity index (χ1) is 10.3. The van der Waals surface area contributed by atoms with Crippen molar-refractivity contribution >= 4 is 5.91 Å². The number of piperidine rings is 1. The molecule has 0 aromatic rings. The maximum atomic E-state index is 12.8. The van der Waals surface area contributed by atoms with E-state index >= 15 is 0 Å². The van der Waals surface area contributed by atoms with E-state index < -0.39 is 0 Å². The van der Waals surface area contributed by atoms with Gasteiger partial charge < -0.3 is 10.2 Å². The van der Waals surface area contributed by atoms with E-state index in [-0.39, 0.29) is 5.92 Å². The summed E-state index contributed by atoms with van der Waals surface area (Å²) in [6, 6.07) is 0.573. The molecular weight excluding hydrogens is 260 g/mol. The van der Waals surface area contributed by atoms with Crippen LogP contribution >= 0.6 is 0 Å². The minimum absolute atomic E-state index is 0.263. The van der Waals surface area contributed by atoms with Gasteiger partial charge in [0.1, 0.15) is 0 Å². The molecule has 4 rings (SSSR count). The molecular formula is C18H30N2O. The Bertz CT molecular complexity index is 391. The van der Waals surface area contributed by atoms with E-state index in [1.165, 1.54) is 51.4 Å². The zero-order chi connectivity index (χ0) is 14.2. The molecule has 2 bridgehead atoms. The minimum Gasteiger partial charge on any atom is -0.339 e. The fourth-order valence-electron chi connectivity index (χ4n) is 5.68. The molecule has 3 heteroatoms. The Hall–Kier alpha value is -0.570. The minimum atomic E-state index is 0.263. The number of hydrogen-bond donors (Lipinski definition) is 1. The highest BCUT2D eigenvalue weighted by molar-refractivity contribution is 5.79. The van der Waals surface area contributed by atoms with Crippen molar-refractivity contribution in [1.29, 1.82) is 0 Å². The van der Waals surface area contributed by atoms with E-state index in [9.17, 15) is 4.79 Å². The maximum Gasteiger partial charge on any atom is 0.227 e. The van der Waals surface area contributed by atoms with Crippen LogP contribution in [0.15, 0.2) is 0 Å². The largest absolute Gasteiger partial charge is 0.339 e. The number of nitrogens with one attached hydrogen (secondary N) is 1. The van der Waals surface area contributed by atoms with E-state index in [0.29, 0.717) is 11.9 Å². The summed E-state index contributed by atoms with van der Waals surface area (Å²) in [5, 5.41) is 3.40. The molecule has 2 heterocycles. The predicted octanol–water partition coefficient (Wildman–Crippen LogP) is 2.80. The zero-order valence-electron chi connectivity index (χ0n) is 13.2. The molecule has 2 aliphatic heterocycles. The highest BCUT2D eigenvalue weighted by Gasteiger charge is 2.42. The molecule has 1 N–H and O–H groups in total. The van der Waals surface area contributed by atoms with E-state index in [0.717, 1.165) is 43.8 Å². The first-order valence-corrected chi connectivity index (χ1v) is 9.32. The molecule has 4 aliphatic rings. The summed E-state index contributed by atoms with van der Waals surface area (Å²) in [6.07, 6.45) is 12.0. The average Bonchev–Trinajstić information content (AvgIpc) is 3.24. The third kappa shape index (κ3) is 2.74. The highest BCUT2D eigenvalue weighted by Crippen LogP contribution is 2.50. The fraction of sp³-hybridized carbons (Fsp3) is 0.944. The normalized spacial score (nSPS) is 42.7. The maximum absolute atomic E-state index is 12.8. The molecule has 0 aromatic heterocycles. The standard InChI is InChI=1S/C18H30N2O/c21-18(15-3-1-7-19-12-15)20-8-2-4-17(20)11-16-10-13-5-6-14(16)9-13/h13-17,19H,1-12H2. The monoisotopic (exact) mass is 290 g/mol. The molecule has 2 aliphatic carbocycles. The lowest BCUT2D eigenvalue weighted by Gasteiger charge is -2.33. The molecule has 1 amide bonds. The Kier molecular flexibility index (Phi) is 3.95. The van der Waals surface area contributed by atoms with Gasteiger partial charge in [0, 0.05) is 19.1 Å². The Morgan fingerprint density at radius 3 is 2.76 bits per heavy atom. The lowest BCUT2D eigenvalue weighted by Crippen LogP contribution is -2.45. The van der Waals surface area contributed by atoms with Crippen LogP contribution in [0, 0.1) is 23.7 Å². The SMILES string of the molecule is O=C(C1CCCNC1)N1CCCC1CC1CC2CCC1C2. The van der Waals surface area contributed by atoms with Gasteiger partial charge in [0.05, 0.1) is 5.92 Å². The second kappa shape index (κ2) is 5.91. The molecule has 118 valence electrons. The third-order valence-corrected chi connectivity index (χ3v) is 6.77. The number of likely N-dealkylation sites (tertiary alicyclic amines) is 1. The molecule has 2 saturated carbocycles. The van der Waals surface area contributed by atoms with Crippen LogP contribution in [0.25, 0.3) is 0 Å². The van der Waals surface area contributed by atoms with Crippen molar-refractivity contribution in [3.05, 3.63) is 0 Å². The first kappa shape index (κ1) is 14.0. The second-order valence-electron chi connectivity index (χ2n) is 8.04. The van der Waals surface area contributed by atoms with Crippen molar-refractivity contribution in [1.82, 2.24) is 10.2 Å². The van der Waals surface area contributed by atoms with Gasteiger partial charge >= 0.3 is 0 Å². The summed E-state index contributed by atoms with van der Waals surface area (Å²) in [5.41, 5.74) is 0. The molecule has 4 fully saturated rings. The van der Waals surface area contributed by atoms with Crippen LogP contribution in [0.2, 0.25) is 0 Å². The molecule has 0 aromatic carbocycles. The summed E-state index contributed by atoms with van der Waals surface area (Å²) in [5.74, 6) is 3.70. The topological polar surface area (TPSA) is 32.3 Å². The lowest BCUT2D eigenvalue weighted by atomic mass is 9.83. The highest BCUT2D eigenvalue weighted by atomic mass is 16.2. The second-order valence-corrected chi connectivity index (χ2v) is 8.04. The Morgan fingerprint density at radius 1 is 1.10 bits per heavy atom. The molecule has 2 saturated heterocycles. The molecule has 5 atom stereocenters. The van der Waals surface area contributed by atoms with Crippen LogP contribution in [0.3, 0.4) is 0 Å². The zero-order valence-corrected chi connectivity index (χ0v) is 13.2. The van der Waals surface area contributed by atoms with Crippen LogP contribution < -0.4 is 5.32 Å². The van der Waals surface area contributed by atoms with Gasteiger partial charge in [-0.2, -0.15) is 0 Å². The van der Waals surface area contributed by atoms with Gasteiger partial charge in [-0.15, -0.1) is 0 Å². The Labute approximate surface area is 128 Å². The Morgan fingerprint density at radius 2 is 2.05 bits per heavy atom. The number of fused-ring (bicyclic) bond motifs is 2. The van der Waals surface area contributed by atoms with E-state index in [2.05, 4.69) is 10.2 Å². The van der Waals surface area contributed by atoms with Crippen molar-refractivity contribution < 1.29 is 4.79 Å². The van der Waals surface area contributed by atoms with Crippen LogP contribution in [0.4, 0.5) is 0 Å². The number of carbonyl (C=O) groups excluding carboxylic acids is 1. The molecule has 5 unspecified atom stereocenters. The predicted molar refractivity (Wildman–Crippen MR) is 83.9 cm³/mol. The van der Waals surface area contributed by atoms with Crippen molar-refractivity contribution in [2.24, 2.45) is 23.7 Å². The molecule has 0 spiro atoms. The van der Waals surface area contributed by atoms with Gasteiger partial charge in [0.15, 0.2) is 0 Å². The third-order valence-electron chi connectivity index (χ3n) is 6.77. The van der Waals surface area contributed by atoms with Crippen molar-refractivity contribution in [3.63, 3.8) is 0 Å². The van der Waals surface area contributed by atoms with Crippen molar-refractivity contribution in [2.75, 3.05) is 19.6 Å². The number of amides is 1. The summed E-state index contributed by atoms with van der Waals surface area (Å²) in [4.78, 5) is 15.1. The molecule has 3 nitrogen and oxygen atoms in total. The van der Waals surface area contributed by atoms with Gasteiger partial charge in [-0.05, 0) is 75.7 Å². The number of carbonyl (C=O) groups is 1. The summed E-state index contributed by atoms with van der Waals surface area (Å²) in [7, 11) is 0. The van der Waals surface area contributed by atoms with Crippen molar-refractivity contribution in [2.45, 2.75) is 63.8 Å². The van der Waals surface area contributed by atoms with Gasteiger partial charge in [0.25, 0.3) is 0 Å². The van der Waals surface area contributed by atoms with E-state index in [4.69, 9.17) is 0 Å². The van der Waals surface area contributed by atoms with E-state index in [1.54, 1.807) is 0 Å². The number of rotatable bonds is 3. The van der Waals surface area contributed by atoms with E-state index in [1.807, 2.05) is 0 Å². The lowest BCUT2D eigenvalue weighted by molar-refractivity contribution is -0.137. The fourth-order valence-corrected chi connectivity index (χ4v) is 5.68.